The van der Waals surface area contributed by atoms with Gasteiger partial charge in [0.1, 0.15) is 5.75 Å². The van der Waals surface area contributed by atoms with Gasteiger partial charge in [-0.05, 0) is 29.3 Å². The Bertz CT molecular complexity index is 734. The van der Waals surface area contributed by atoms with E-state index in [1.807, 2.05) is 24.3 Å². The smallest absolute Gasteiger partial charge is 0.313 e. The number of phenols is 1. The molecule has 23 heavy (non-hydrogen) atoms. The van der Waals surface area contributed by atoms with Crippen LogP contribution >= 0.6 is 11.6 Å². The second kappa shape index (κ2) is 7.62. The molecule has 6 nitrogen and oxygen atoms in total. The summed E-state index contributed by atoms with van der Waals surface area (Å²) >= 11 is 5.78. The fourth-order valence-electron chi connectivity index (χ4n) is 1.92. The van der Waals surface area contributed by atoms with Gasteiger partial charge in [-0.3, -0.25) is 9.59 Å². The zero-order chi connectivity index (χ0) is 16.8. The Morgan fingerprint density at radius 2 is 1.83 bits per heavy atom. The Balaban J connectivity index is 1.94. The van der Waals surface area contributed by atoms with Crippen molar-refractivity contribution >= 4 is 29.1 Å². The van der Waals surface area contributed by atoms with E-state index < -0.39 is 11.8 Å². The minimum atomic E-state index is -0.891. The summed E-state index contributed by atoms with van der Waals surface area (Å²) in [5, 5.41) is 14.7. The lowest BCUT2D eigenvalue weighted by Gasteiger charge is -2.09. The Hall–Kier alpha value is -2.57. The number of nitrogens with one attached hydrogen (secondary N) is 2. The molecule has 7 heteroatoms. The van der Waals surface area contributed by atoms with Gasteiger partial charge in [0.05, 0.1) is 5.69 Å². The van der Waals surface area contributed by atoms with Crippen molar-refractivity contribution in [3.63, 3.8) is 0 Å². The Labute approximate surface area is 138 Å². The van der Waals surface area contributed by atoms with Crippen LogP contribution in [0.2, 0.25) is 5.02 Å². The minimum absolute atomic E-state index is 0.0720. The first kappa shape index (κ1) is 16.8. The minimum Gasteiger partial charge on any atom is -0.506 e. The molecule has 0 aliphatic rings. The molecule has 0 atom stereocenters. The fraction of sp³-hybridized carbons (Fsp3) is 0.125. The highest BCUT2D eigenvalue weighted by Crippen LogP contribution is 2.26. The van der Waals surface area contributed by atoms with E-state index in [4.69, 9.17) is 17.3 Å². The van der Waals surface area contributed by atoms with Gasteiger partial charge in [-0.2, -0.15) is 0 Å². The van der Waals surface area contributed by atoms with Gasteiger partial charge in [0.15, 0.2) is 0 Å². The highest BCUT2D eigenvalue weighted by atomic mass is 35.5. The maximum Gasteiger partial charge on any atom is 0.313 e. The molecule has 2 aromatic rings. The molecule has 0 heterocycles. The van der Waals surface area contributed by atoms with Crippen LogP contribution in [0.5, 0.6) is 5.75 Å². The molecule has 0 saturated heterocycles. The van der Waals surface area contributed by atoms with Gasteiger partial charge in [0, 0.05) is 18.1 Å². The van der Waals surface area contributed by atoms with Gasteiger partial charge in [-0.25, -0.2) is 0 Å². The first-order chi connectivity index (χ1) is 11.0. The predicted molar refractivity (Wildman–Crippen MR) is 87.9 cm³/mol. The van der Waals surface area contributed by atoms with Gasteiger partial charge >= 0.3 is 11.8 Å². The second-order valence-corrected chi connectivity index (χ2v) is 5.26. The number of amides is 2. The third-order valence-electron chi connectivity index (χ3n) is 3.09. The van der Waals surface area contributed by atoms with Crippen molar-refractivity contribution in [1.29, 1.82) is 0 Å². The van der Waals surface area contributed by atoms with Crippen molar-refractivity contribution in [2.24, 2.45) is 5.73 Å². The summed E-state index contributed by atoms with van der Waals surface area (Å²) < 4.78 is 0. The molecule has 0 radical (unpaired) electrons. The van der Waals surface area contributed by atoms with Crippen LogP contribution in [0.3, 0.4) is 0 Å². The molecule has 0 bridgehead atoms. The number of benzene rings is 2. The van der Waals surface area contributed by atoms with Crippen LogP contribution < -0.4 is 16.4 Å². The molecular formula is C16H16ClN3O3. The number of carbonyl (C=O) groups is 2. The Kier molecular flexibility index (Phi) is 5.56. The van der Waals surface area contributed by atoms with E-state index in [1.165, 1.54) is 18.2 Å². The first-order valence-corrected chi connectivity index (χ1v) is 7.23. The van der Waals surface area contributed by atoms with Crippen molar-refractivity contribution < 1.29 is 14.7 Å². The van der Waals surface area contributed by atoms with Crippen molar-refractivity contribution in [1.82, 2.24) is 5.32 Å². The van der Waals surface area contributed by atoms with Crippen LogP contribution in [-0.4, -0.2) is 16.9 Å². The summed E-state index contributed by atoms with van der Waals surface area (Å²) in [4.78, 5) is 23.6. The predicted octanol–water partition coefficient (Wildman–Crippen LogP) is 1.76. The molecule has 0 aliphatic carbocycles. The highest BCUT2D eigenvalue weighted by Gasteiger charge is 2.15. The number of rotatable bonds is 4. The summed E-state index contributed by atoms with van der Waals surface area (Å²) in [6, 6.07) is 11.5. The van der Waals surface area contributed by atoms with Gasteiger partial charge in [-0.1, -0.05) is 35.9 Å². The molecule has 0 fully saturated rings. The molecule has 0 spiro atoms. The van der Waals surface area contributed by atoms with Crippen LogP contribution in [0.4, 0.5) is 5.69 Å². The van der Waals surface area contributed by atoms with E-state index in [2.05, 4.69) is 10.6 Å². The molecule has 2 rings (SSSR count). The molecule has 0 unspecified atom stereocenters. The standard InChI is InChI=1S/C16H16ClN3O3/c17-12-4-5-14(21)13(7-12)20-16(23)15(22)19-9-11-3-1-2-10(6-11)8-18/h1-7,21H,8-9,18H2,(H,19,22)(H,20,23). The van der Waals surface area contributed by atoms with E-state index >= 15 is 0 Å². The van der Waals surface area contributed by atoms with Gasteiger partial charge < -0.3 is 21.5 Å². The largest absolute Gasteiger partial charge is 0.506 e. The number of aromatic hydroxyl groups is 1. The number of halogens is 1. The lowest BCUT2D eigenvalue weighted by atomic mass is 10.1. The number of nitrogens with two attached hydrogens (primary N) is 1. The van der Waals surface area contributed by atoms with Crippen molar-refractivity contribution in [2.45, 2.75) is 13.1 Å². The maximum absolute atomic E-state index is 11.8. The molecule has 0 aromatic heterocycles. The van der Waals surface area contributed by atoms with E-state index in [0.717, 1.165) is 11.1 Å². The van der Waals surface area contributed by atoms with Crippen LogP contribution in [0.25, 0.3) is 0 Å². The summed E-state index contributed by atoms with van der Waals surface area (Å²) in [5.41, 5.74) is 7.39. The first-order valence-electron chi connectivity index (χ1n) is 6.85. The van der Waals surface area contributed by atoms with Gasteiger partial charge in [-0.15, -0.1) is 0 Å². The summed E-state index contributed by atoms with van der Waals surface area (Å²) in [7, 11) is 0. The molecule has 2 aromatic carbocycles. The van der Waals surface area contributed by atoms with Gasteiger partial charge in [0.25, 0.3) is 0 Å². The SMILES string of the molecule is NCc1cccc(CNC(=O)C(=O)Nc2cc(Cl)ccc2O)c1. The van der Waals surface area contributed by atoms with E-state index in [1.54, 1.807) is 0 Å². The number of anilines is 1. The Morgan fingerprint density at radius 3 is 2.57 bits per heavy atom. The Morgan fingerprint density at radius 1 is 1.09 bits per heavy atom. The van der Waals surface area contributed by atoms with Crippen molar-refractivity contribution in [3.05, 3.63) is 58.6 Å². The number of phenolic OH excluding ortho intramolecular Hbond substituents is 1. The van der Waals surface area contributed by atoms with E-state index in [0.29, 0.717) is 11.6 Å². The van der Waals surface area contributed by atoms with Crippen LogP contribution in [0.1, 0.15) is 11.1 Å². The van der Waals surface area contributed by atoms with E-state index in [-0.39, 0.29) is 18.0 Å². The molecular weight excluding hydrogens is 318 g/mol. The summed E-state index contributed by atoms with van der Waals surface area (Å²) in [5.74, 6) is -1.88. The number of hydrogen-bond acceptors (Lipinski definition) is 4. The maximum atomic E-state index is 11.8. The average Bonchev–Trinajstić information content (AvgIpc) is 2.56. The average molecular weight is 334 g/mol. The van der Waals surface area contributed by atoms with Crippen LogP contribution in [0, 0.1) is 0 Å². The van der Waals surface area contributed by atoms with Crippen LogP contribution in [-0.2, 0) is 22.7 Å². The topological polar surface area (TPSA) is 104 Å². The lowest BCUT2D eigenvalue weighted by Crippen LogP contribution is -2.35. The zero-order valence-electron chi connectivity index (χ0n) is 12.2. The quantitative estimate of drug-likeness (QED) is 0.505. The summed E-state index contributed by atoms with van der Waals surface area (Å²) in [6.07, 6.45) is 0. The molecule has 0 aliphatic heterocycles. The third kappa shape index (κ3) is 4.70. The zero-order valence-corrected chi connectivity index (χ0v) is 12.9. The number of hydrogen-bond donors (Lipinski definition) is 4. The lowest BCUT2D eigenvalue weighted by molar-refractivity contribution is -0.136. The monoisotopic (exact) mass is 333 g/mol. The van der Waals surface area contributed by atoms with Gasteiger partial charge in [0.2, 0.25) is 0 Å². The van der Waals surface area contributed by atoms with Crippen molar-refractivity contribution in [2.75, 3.05) is 5.32 Å². The summed E-state index contributed by atoms with van der Waals surface area (Å²) in [6.45, 7) is 0.595. The number of carbonyl (C=O) groups excluding carboxylic acids is 2. The fourth-order valence-corrected chi connectivity index (χ4v) is 2.09. The highest BCUT2D eigenvalue weighted by molar-refractivity contribution is 6.40. The van der Waals surface area contributed by atoms with E-state index in [9.17, 15) is 14.7 Å². The molecule has 120 valence electrons. The van der Waals surface area contributed by atoms with Crippen LogP contribution in [0.15, 0.2) is 42.5 Å². The molecule has 5 N–H and O–H groups in total. The second-order valence-electron chi connectivity index (χ2n) is 4.82. The molecule has 2 amide bonds. The third-order valence-corrected chi connectivity index (χ3v) is 3.33. The molecule has 0 saturated carbocycles. The normalized spacial score (nSPS) is 10.2. The van der Waals surface area contributed by atoms with Crippen molar-refractivity contribution in [3.8, 4) is 5.75 Å².